The zero-order valence-corrected chi connectivity index (χ0v) is 12.6. The number of carbonyl (C=O) groups excluding carboxylic acids is 1. The predicted octanol–water partition coefficient (Wildman–Crippen LogP) is 3.53. The number of nitrogens with zero attached hydrogens (tertiary/aromatic N) is 1. The Bertz CT molecular complexity index is 484. The molecule has 1 aromatic rings. The molecule has 2 atom stereocenters. The van der Waals surface area contributed by atoms with Crippen molar-refractivity contribution in [1.82, 2.24) is 4.90 Å². The first-order valence-corrected chi connectivity index (χ1v) is 7.57. The molecule has 0 bridgehead atoms. The summed E-state index contributed by atoms with van der Waals surface area (Å²) < 4.78 is 28.7. The van der Waals surface area contributed by atoms with E-state index in [0.29, 0.717) is 23.4 Å². The Morgan fingerprint density at radius 2 is 2.30 bits per heavy atom. The molecule has 6 heteroatoms. The average Bonchev–Trinajstić information content (AvgIpc) is 2.78. The van der Waals surface area contributed by atoms with Gasteiger partial charge in [-0.25, -0.2) is 0 Å². The summed E-state index contributed by atoms with van der Waals surface area (Å²) in [4.78, 5) is 14.3. The van der Waals surface area contributed by atoms with Crippen LogP contribution in [0.1, 0.15) is 23.7 Å². The molecule has 0 radical (unpaired) electrons. The highest BCUT2D eigenvalue weighted by molar-refractivity contribution is 9.09. The zero-order chi connectivity index (χ0) is 14.7. The van der Waals surface area contributed by atoms with Gasteiger partial charge in [0.15, 0.2) is 0 Å². The zero-order valence-electron chi connectivity index (χ0n) is 11.1. The SMILES string of the molecule is CC1CCN(C(=O)c2cccc(OC(F)F)c2)C1CBr. The predicted molar refractivity (Wildman–Crippen MR) is 75.5 cm³/mol. The molecule has 110 valence electrons. The summed E-state index contributed by atoms with van der Waals surface area (Å²) in [6.45, 7) is -0.0893. The second-order valence-corrected chi connectivity index (χ2v) is 5.54. The number of halogens is 3. The van der Waals surface area contributed by atoms with Crippen LogP contribution in [-0.2, 0) is 0 Å². The van der Waals surface area contributed by atoms with E-state index in [2.05, 4.69) is 27.6 Å². The lowest BCUT2D eigenvalue weighted by Crippen LogP contribution is -2.38. The molecule has 1 saturated heterocycles. The smallest absolute Gasteiger partial charge is 0.387 e. The largest absolute Gasteiger partial charge is 0.435 e. The molecule has 3 nitrogen and oxygen atoms in total. The number of alkyl halides is 3. The molecule has 2 rings (SSSR count). The van der Waals surface area contributed by atoms with E-state index >= 15 is 0 Å². The second-order valence-electron chi connectivity index (χ2n) is 4.89. The van der Waals surface area contributed by atoms with Gasteiger partial charge in [0.05, 0.1) is 0 Å². The molecule has 1 aliphatic rings. The lowest BCUT2D eigenvalue weighted by Gasteiger charge is -2.25. The molecule has 1 aliphatic heterocycles. The van der Waals surface area contributed by atoms with Crippen molar-refractivity contribution in [3.05, 3.63) is 29.8 Å². The highest BCUT2D eigenvalue weighted by Gasteiger charge is 2.34. The van der Waals surface area contributed by atoms with Crippen LogP contribution in [0, 0.1) is 5.92 Å². The van der Waals surface area contributed by atoms with Gasteiger partial charge >= 0.3 is 6.61 Å². The van der Waals surface area contributed by atoms with Crippen molar-refractivity contribution in [2.24, 2.45) is 5.92 Å². The van der Waals surface area contributed by atoms with Gasteiger partial charge < -0.3 is 9.64 Å². The number of hydrogen-bond acceptors (Lipinski definition) is 2. The van der Waals surface area contributed by atoms with Crippen LogP contribution in [0.5, 0.6) is 5.75 Å². The van der Waals surface area contributed by atoms with Gasteiger partial charge in [0, 0.05) is 23.5 Å². The van der Waals surface area contributed by atoms with Crippen molar-refractivity contribution >= 4 is 21.8 Å². The lowest BCUT2D eigenvalue weighted by atomic mass is 10.0. The minimum Gasteiger partial charge on any atom is -0.435 e. The number of carbonyl (C=O) groups is 1. The average molecular weight is 348 g/mol. The Labute approximate surface area is 125 Å². The summed E-state index contributed by atoms with van der Waals surface area (Å²) in [6.07, 6.45) is 0.954. The number of rotatable bonds is 4. The van der Waals surface area contributed by atoms with Crippen LogP contribution in [-0.4, -0.2) is 35.3 Å². The third-order valence-electron chi connectivity index (χ3n) is 3.61. The van der Waals surface area contributed by atoms with Crippen LogP contribution in [0.4, 0.5) is 8.78 Å². The molecule has 0 aliphatic carbocycles. The fourth-order valence-electron chi connectivity index (χ4n) is 2.47. The van der Waals surface area contributed by atoms with Crippen molar-refractivity contribution in [2.75, 3.05) is 11.9 Å². The number of likely N-dealkylation sites (tertiary alicyclic amines) is 1. The van der Waals surface area contributed by atoms with E-state index in [0.717, 1.165) is 6.42 Å². The van der Waals surface area contributed by atoms with E-state index in [9.17, 15) is 13.6 Å². The van der Waals surface area contributed by atoms with Crippen LogP contribution in [0.2, 0.25) is 0 Å². The molecule has 1 amide bonds. The monoisotopic (exact) mass is 347 g/mol. The minimum absolute atomic E-state index is 0.00786. The molecule has 1 heterocycles. The van der Waals surface area contributed by atoms with Crippen LogP contribution in [0.15, 0.2) is 24.3 Å². The normalized spacial score (nSPS) is 22.4. The fourth-order valence-corrected chi connectivity index (χ4v) is 3.45. The molecular formula is C14H16BrF2NO2. The molecule has 1 aromatic carbocycles. The maximum atomic E-state index is 12.5. The second kappa shape index (κ2) is 6.52. The Morgan fingerprint density at radius 1 is 1.55 bits per heavy atom. The highest BCUT2D eigenvalue weighted by Crippen LogP contribution is 2.27. The van der Waals surface area contributed by atoms with Gasteiger partial charge in [-0.3, -0.25) is 4.79 Å². The molecule has 0 saturated carbocycles. The van der Waals surface area contributed by atoms with Crippen LogP contribution in [0.25, 0.3) is 0 Å². The van der Waals surface area contributed by atoms with Crippen LogP contribution < -0.4 is 4.74 Å². The summed E-state index contributed by atoms with van der Waals surface area (Å²) in [5.41, 5.74) is 0.378. The lowest BCUT2D eigenvalue weighted by molar-refractivity contribution is -0.0499. The number of amides is 1. The van der Waals surface area contributed by atoms with Gasteiger partial charge in [0.2, 0.25) is 0 Å². The summed E-state index contributed by atoms with van der Waals surface area (Å²) >= 11 is 3.43. The fraction of sp³-hybridized carbons (Fsp3) is 0.500. The molecular weight excluding hydrogens is 332 g/mol. The van der Waals surface area contributed by atoms with E-state index in [1.54, 1.807) is 17.0 Å². The van der Waals surface area contributed by atoms with Crippen molar-refractivity contribution in [3.8, 4) is 5.75 Å². The molecule has 20 heavy (non-hydrogen) atoms. The maximum Gasteiger partial charge on any atom is 0.387 e. The van der Waals surface area contributed by atoms with Gasteiger partial charge in [0.1, 0.15) is 5.75 Å². The molecule has 1 fully saturated rings. The first kappa shape index (κ1) is 15.2. The Balaban J connectivity index is 2.16. The standard InChI is InChI=1S/C14H16BrF2NO2/c1-9-5-6-18(12(9)8-15)13(19)10-3-2-4-11(7-10)20-14(16)17/h2-4,7,9,12,14H,5-6,8H2,1H3. The summed E-state index contributed by atoms with van der Waals surface area (Å²) in [6, 6.07) is 6.09. The summed E-state index contributed by atoms with van der Waals surface area (Å²) in [5.74, 6) is 0.297. The quantitative estimate of drug-likeness (QED) is 0.779. The van der Waals surface area contributed by atoms with Crippen LogP contribution in [0.3, 0.4) is 0 Å². The van der Waals surface area contributed by atoms with E-state index < -0.39 is 6.61 Å². The van der Waals surface area contributed by atoms with Gasteiger partial charge in [-0.2, -0.15) is 8.78 Å². The minimum atomic E-state index is -2.89. The topological polar surface area (TPSA) is 29.5 Å². The van der Waals surface area contributed by atoms with Gasteiger partial charge in [-0.15, -0.1) is 0 Å². The Kier molecular flexibility index (Phi) is 4.96. The Morgan fingerprint density at radius 3 is 2.95 bits per heavy atom. The maximum absolute atomic E-state index is 12.5. The molecule has 0 spiro atoms. The van der Waals surface area contributed by atoms with Crippen molar-refractivity contribution in [1.29, 1.82) is 0 Å². The third-order valence-corrected chi connectivity index (χ3v) is 4.27. The van der Waals surface area contributed by atoms with Crippen LogP contribution >= 0.6 is 15.9 Å². The number of ether oxygens (including phenoxy) is 1. The van der Waals surface area contributed by atoms with E-state index in [1.807, 2.05) is 0 Å². The van der Waals surface area contributed by atoms with Crippen molar-refractivity contribution < 1.29 is 18.3 Å². The highest BCUT2D eigenvalue weighted by atomic mass is 79.9. The molecule has 2 unspecified atom stereocenters. The first-order chi connectivity index (χ1) is 9.52. The van der Waals surface area contributed by atoms with Crippen molar-refractivity contribution in [3.63, 3.8) is 0 Å². The van der Waals surface area contributed by atoms with E-state index in [1.165, 1.54) is 12.1 Å². The Hall–Kier alpha value is -1.17. The molecule has 0 N–H and O–H groups in total. The van der Waals surface area contributed by atoms with Gasteiger partial charge in [-0.05, 0) is 30.5 Å². The molecule has 0 aromatic heterocycles. The van der Waals surface area contributed by atoms with E-state index in [4.69, 9.17) is 0 Å². The summed E-state index contributed by atoms with van der Waals surface area (Å²) in [7, 11) is 0. The van der Waals surface area contributed by atoms with Crippen molar-refractivity contribution in [2.45, 2.75) is 26.0 Å². The van der Waals surface area contributed by atoms with Gasteiger partial charge in [-0.1, -0.05) is 28.9 Å². The van der Waals surface area contributed by atoms with Gasteiger partial charge in [0.25, 0.3) is 5.91 Å². The number of hydrogen-bond donors (Lipinski definition) is 0. The number of benzene rings is 1. The van der Waals surface area contributed by atoms with E-state index in [-0.39, 0.29) is 17.7 Å². The first-order valence-electron chi connectivity index (χ1n) is 6.44. The summed E-state index contributed by atoms with van der Waals surface area (Å²) in [5, 5.41) is 0.715. The third kappa shape index (κ3) is 3.29.